The summed E-state index contributed by atoms with van der Waals surface area (Å²) in [6, 6.07) is 8.57. The minimum Gasteiger partial charge on any atom is -0.393 e. The summed E-state index contributed by atoms with van der Waals surface area (Å²) in [4.78, 5) is 0. The normalized spacial score (nSPS) is 23.7. The van der Waals surface area contributed by atoms with Gasteiger partial charge >= 0.3 is 0 Å². The van der Waals surface area contributed by atoms with Crippen molar-refractivity contribution in [2.45, 2.75) is 32.3 Å². The summed E-state index contributed by atoms with van der Waals surface area (Å²) < 4.78 is 0. The van der Waals surface area contributed by atoms with E-state index in [9.17, 15) is 5.11 Å². The Bertz CT molecular complexity index is 291. The molecule has 0 spiro atoms. The Morgan fingerprint density at radius 3 is 2.69 bits per heavy atom. The topological polar surface area (TPSA) is 20.2 Å². The van der Waals surface area contributed by atoms with Crippen molar-refractivity contribution in [2.24, 2.45) is 5.92 Å². The second kappa shape index (κ2) is 3.51. The molecule has 0 amide bonds. The molecule has 70 valence electrons. The molecule has 0 aromatic heterocycles. The van der Waals surface area contributed by atoms with Crippen LogP contribution in [-0.2, 0) is 12.8 Å². The summed E-state index contributed by atoms with van der Waals surface area (Å²) >= 11 is 0. The number of rotatable bonds is 1. The molecular formula is C12H16O. The standard InChI is InChI=1S/C12H16O/c1-9(13)11-7-6-10-4-2-3-5-12(10)8-11/h2-5,9,11,13H,6-8H2,1H3. The molecule has 0 bridgehead atoms. The van der Waals surface area contributed by atoms with Crippen LogP contribution >= 0.6 is 0 Å². The quantitative estimate of drug-likeness (QED) is 0.695. The van der Waals surface area contributed by atoms with E-state index in [1.165, 1.54) is 11.1 Å². The van der Waals surface area contributed by atoms with Gasteiger partial charge in [-0.3, -0.25) is 0 Å². The fourth-order valence-electron chi connectivity index (χ4n) is 2.14. The molecule has 0 saturated carbocycles. The van der Waals surface area contributed by atoms with Gasteiger partial charge in [0.25, 0.3) is 0 Å². The van der Waals surface area contributed by atoms with Crippen molar-refractivity contribution in [2.75, 3.05) is 0 Å². The first kappa shape index (κ1) is 8.76. The molecule has 0 radical (unpaired) electrons. The minimum absolute atomic E-state index is 0.159. The van der Waals surface area contributed by atoms with Crippen LogP contribution in [0.2, 0.25) is 0 Å². The van der Waals surface area contributed by atoms with Crippen LogP contribution in [-0.4, -0.2) is 11.2 Å². The van der Waals surface area contributed by atoms with E-state index in [2.05, 4.69) is 24.3 Å². The van der Waals surface area contributed by atoms with Gasteiger partial charge < -0.3 is 5.11 Å². The van der Waals surface area contributed by atoms with Crippen LogP contribution in [0.4, 0.5) is 0 Å². The first-order valence-electron chi connectivity index (χ1n) is 5.02. The van der Waals surface area contributed by atoms with Gasteiger partial charge in [-0.15, -0.1) is 0 Å². The molecule has 0 heterocycles. The van der Waals surface area contributed by atoms with Crippen molar-refractivity contribution < 1.29 is 5.11 Å². The number of hydrogen-bond donors (Lipinski definition) is 1. The number of benzene rings is 1. The van der Waals surface area contributed by atoms with Crippen molar-refractivity contribution in [1.82, 2.24) is 0 Å². The number of aliphatic hydroxyl groups excluding tert-OH is 1. The van der Waals surface area contributed by atoms with E-state index in [0.717, 1.165) is 19.3 Å². The van der Waals surface area contributed by atoms with Crippen LogP contribution in [0.5, 0.6) is 0 Å². The second-order valence-electron chi connectivity index (χ2n) is 4.01. The van der Waals surface area contributed by atoms with E-state index in [-0.39, 0.29) is 6.10 Å². The monoisotopic (exact) mass is 176 g/mol. The highest BCUT2D eigenvalue weighted by atomic mass is 16.3. The number of aliphatic hydroxyl groups is 1. The Labute approximate surface area is 79.4 Å². The molecule has 2 unspecified atom stereocenters. The van der Waals surface area contributed by atoms with Gasteiger partial charge in [-0.1, -0.05) is 24.3 Å². The molecule has 2 atom stereocenters. The molecular weight excluding hydrogens is 160 g/mol. The molecule has 1 aliphatic carbocycles. The molecule has 1 aromatic carbocycles. The lowest BCUT2D eigenvalue weighted by Crippen LogP contribution is -2.24. The van der Waals surface area contributed by atoms with Crippen LogP contribution in [0.15, 0.2) is 24.3 Å². The Kier molecular flexibility index (Phi) is 2.36. The van der Waals surface area contributed by atoms with E-state index < -0.39 is 0 Å². The largest absolute Gasteiger partial charge is 0.393 e. The van der Waals surface area contributed by atoms with Crippen LogP contribution in [0.3, 0.4) is 0 Å². The highest BCUT2D eigenvalue weighted by Crippen LogP contribution is 2.27. The van der Waals surface area contributed by atoms with Gasteiger partial charge in [0, 0.05) is 0 Å². The Balaban J connectivity index is 2.20. The SMILES string of the molecule is CC(O)C1CCc2ccccc2C1. The van der Waals surface area contributed by atoms with Crippen LogP contribution in [0.1, 0.15) is 24.5 Å². The summed E-state index contributed by atoms with van der Waals surface area (Å²) in [5, 5.41) is 9.50. The summed E-state index contributed by atoms with van der Waals surface area (Å²) in [6.45, 7) is 1.90. The molecule has 1 N–H and O–H groups in total. The lowest BCUT2D eigenvalue weighted by atomic mass is 9.81. The van der Waals surface area contributed by atoms with Gasteiger partial charge in [-0.2, -0.15) is 0 Å². The molecule has 1 heteroatoms. The fraction of sp³-hybridized carbons (Fsp3) is 0.500. The average molecular weight is 176 g/mol. The van der Waals surface area contributed by atoms with E-state index in [0.29, 0.717) is 5.92 Å². The minimum atomic E-state index is -0.159. The van der Waals surface area contributed by atoms with Gasteiger partial charge in [0.1, 0.15) is 0 Å². The molecule has 13 heavy (non-hydrogen) atoms. The number of fused-ring (bicyclic) bond motifs is 1. The fourth-order valence-corrected chi connectivity index (χ4v) is 2.14. The summed E-state index contributed by atoms with van der Waals surface area (Å²) in [7, 11) is 0. The summed E-state index contributed by atoms with van der Waals surface area (Å²) in [5.74, 6) is 0.468. The molecule has 0 fully saturated rings. The number of hydrogen-bond acceptors (Lipinski definition) is 1. The third kappa shape index (κ3) is 1.75. The van der Waals surface area contributed by atoms with Crippen molar-refractivity contribution in [3.8, 4) is 0 Å². The molecule has 0 saturated heterocycles. The first-order valence-corrected chi connectivity index (χ1v) is 5.02. The maximum atomic E-state index is 9.50. The smallest absolute Gasteiger partial charge is 0.0543 e. The molecule has 1 aliphatic rings. The van der Waals surface area contributed by atoms with Crippen molar-refractivity contribution in [1.29, 1.82) is 0 Å². The summed E-state index contributed by atoms with van der Waals surface area (Å²) in [5.41, 5.74) is 2.90. The highest BCUT2D eigenvalue weighted by Gasteiger charge is 2.21. The maximum Gasteiger partial charge on any atom is 0.0543 e. The van der Waals surface area contributed by atoms with Gasteiger partial charge in [-0.25, -0.2) is 0 Å². The average Bonchev–Trinajstić information content (AvgIpc) is 2.17. The second-order valence-corrected chi connectivity index (χ2v) is 4.01. The molecule has 0 aliphatic heterocycles. The van der Waals surface area contributed by atoms with Crippen molar-refractivity contribution in [3.05, 3.63) is 35.4 Å². The lowest BCUT2D eigenvalue weighted by Gasteiger charge is -2.26. The molecule has 2 rings (SSSR count). The van der Waals surface area contributed by atoms with E-state index >= 15 is 0 Å². The zero-order valence-corrected chi connectivity index (χ0v) is 8.03. The van der Waals surface area contributed by atoms with Crippen LogP contribution in [0.25, 0.3) is 0 Å². The first-order chi connectivity index (χ1) is 6.27. The van der Waals surface area contributed by atoms with Gasteiger partial charge in [-0.05, 0) is 43.2 Å². The van der Waals surface area contributed by atoms with E-state index in [1.807, 2.05) is 6.92 Å². The zero-order valence-electron chi connectivity index (χ0n) is 8.03. The zero-order chi connectivity index (χ0) is 9.26. The Morgan fingerprint density at radius 2 is 2.00 bits per heavy atom. The Hall–Kier alpha value is -0.820. The van der Waals surface area contributed by atoms with Crippen LogP contribution in [0, 0.1) is 5.92 Å². The van der Waals surface area contributed by atoms with Gasteiger partial charge in [0.15, 0.2) is 0 Å². The Morgan fingerprint density at radius 1 is 1.31 bits per heavy atom. The van der Waals surface area contributed by atoms with Gasteiger partial charge in [0.2, 0.25) is 0 Å². The van der Waals surface area contributed by atoms with Crippen LogP contribution < -0.4 is 0 Å². The molecule has 1 aromatic rings. The maximum absolute atomic E-state index is 9.50. The predicted octanol–water partition coefficient (Wildman–Crippen LogP) is 2.17. The predicted molar refractivity (Wildman–Crippen MR) is 53.6 cm³/mol. The summed E-state index contributed by atoms with van der Waals surface area (Å²) in [6.07, 6.45) is 3.15. The lowest BCUT2D eigenvalue weighted by molar-refractivity contribution is 0.117. The number of aryl methyl sites for hydroxylation is 1. The third-order valence-electron chi connectivity index (χ3n) is 3.07. The molecule has 1 nitrogen and oxygen atoms in total. The van der Waals surface area contributed by atoms with Crippen molar-refractivity contribution >= 4 is 0 Å². The van der Waals surface area contributed by atoms with Gasteiger partial charge in [0.05, 0.1) is 6.10 Å². The highest BCUT2D eigenvalue weighted by molar-refractivity contribution is 5.29. The van der Waals surface area contributed by atoms with E-state index in [4.69, 9.17) is 0 Å². The van der Waals surface area contributed by atoms with Crippen molar-refractivity contribution in [3.63, 3.8) is 0 Å². The van der Waals surface area contributed by atoms with E-state index in [1.54, 1.807) is 0 Å². The third-order valence-corrected chi connectivity index (χ3v) is 3.07.